The molecule has 0 aromatic heterocycles. The molecule has 0 fully saturated rings. The molecule has 4 nitrogen and oxygen atoms in total. The lowest BCUT2D eigenvalue weighted by atomic mass is 9.73. The van der Waals surface area contributed by atoms with Gasteiger partial charge in [0.2, 0.25) is 0 Å². The number of aliphatic hydroxyl groups is 2. The van der Waals surface area contributed by atoms with Crippen LogP contribution in [0, 0.1) is 5.92 Å². The Labute approximate surface area is 219 Å². The van der Waals surface area contributed by atoms with Gasteiger partial charge in [0, 0.05) is 41.4 Å². The second-order valence-corrected chi connectivity index (χ2v) is 12.0. The Hall–Kier alpha value is -2.04. The molecule has 0 saturated carbocycles. The first-order chi connectivity index (χ1) is 16.8. The molecule has 0 radical (unpaired) electrons. The molecule has 0 aliphatic carbocycles. The molecule has 0 spiro atoms. The number of aromatic hydroxyl groups is 2. The van der Waals surface area contributed by atoms with Crippen LogP contribution < -0.4 is 0 Å². The summed E-state index contributed by atoms with van der Waals surface area (Å²) in [5.41, 5.74) is 5.30. The van der Waals surface area contributed by atoms with Gasteiger partial charge in [-0.25, -0.2) is 0 Å². The molecule has 2 aromatic rings. The van der Waals surface area contributed by atoms with Crippen molar-refractivity contribution in [1.82, 2.24) is 0 Å². The minimum Gasteiger partial charge on any atom is -0.507 e. The number of phenolic OH excluding ortho intramolecular Hbond substituents is 2. The molecule has 2 rings (SSSR count). The van der Waals surface area contributed by atoms with E-state index < -0.39 is 0 Å². The van der Waals surface area contributed by atoms with Gasteiger partial charge in [0.25, 0.3) is 0 Å². The van der Waals surface area contributed by atoms with Crippen LogP contribution in [0.4, 0.5) is 0 Å². The second kappa shape index (κ2) is 12.5. The van der Waals surface area contributed by atoms with Gasteiger partial charge in [-0.2, -0.15) is 0 Å². The van der Waals surface area contributed by atoms with E-state index in [1.807, 2.05) is 0 Å². The Bertz CT molecular complexity index is 926. The number of aliphatic hydroxyl groups excluding tert-OH is 2. The summed E-state index contributed by atoms with van der Waals surface area (Å²) in [6.45, 7) is 17.4. The average Bonchev–Trinajstić information content (AvgIpc) is 2.83. The molecule has 0 aliphatic heterocycles. The average molecular weight is 499 g/mol. The smallest absolute Gasteiger partial charge is 0.123 e. The second-order valence-electron chi connectivity index (χ2n) is 12.0. The van der Waals surface area contributed by atoms with E-state index in [2.05, 4.69) is 79.7 Å². The SMILES string of the molecule is CCC(C)(C)c1cc(CCCO)cc(C(c2cc(CCCO)cc(C(C)(C)CC)c2O)C(C)C)c1O. The van der Waals surface area contributed by atoms with E-state index in [-0.39, 0.29) is 35.9 Å². The van der Waals surface area contributed by atoms with Crippen LogP contribution in [0.3, 0.4) is 0 Å². The highest BCUT2D eigenvalue weighted by atomic mass is 16.3. The van der Waals surface area contributed by atoms with E-state index >= 15 is 0 Å². The molecular weight excluding hydrogens is 448 g/mol. The minimum atomic E-state index is -0.212. The van der Waals surface area contributed by atoms with Crippen molar-refractivity contribution in [2.75, 3.05) is 13.2 Å². The monoisotopic (exact) mass is 498 g/mol. The van der Waals surface area contributed by atoms with E-state index in [0.29, 0.717) is 24.3 Å². The number of rotatable bonds is 13. The lowest BCUT2D eigenvalue weighted by Crippen LogP contribution is -2.20. The number of benzene rings is 2. The standard InChI is InChI=1S/C32H50O4/c1-9-31(5,6)26-19-22(13-11-15-33)17-24(29(26)35)28(21(3)4)25-18-23(14-12-16-34)20-27(30(25)36)32(7,8)10-2/h17-21,28,33-36H,9-16H2,1-8H3. The fourth-order valence-electron chi connectivity index (χ4n) is 5.07. The molecule has 0 aliphatic rings. The Kier molecular flexibility index (Phi) is 10.5. The van der Waals surface area contributed by atoms with E-state index in [9.17, 15) is 20.4 Å². The van der Waals surface area contributed by atoms with Crippen molar-refractivity contribution >= 4 is 0 Å². The highest BCUT2D eigenvalue weighted by Gasteiger charge is 2.33. The van der Waals surface area contributed by atoms with Crippen molar-refractivity contribution in [3.63, 3.8) is 0 Å². The maximum Gasteiger partial charge on any atom is 0.123 e. The highest BCUT2D eigenvalue weighted by Crippen LogP contribution is 2.48. The van der Waals surface area contributed by atoms with E-state index in [1.165, 1.54) is 0 Å². The molecule has 0 atom stereocenters. The minimum absolute atomic E-state index is 0.123. The van der Waals surface area contributed by atoms with Gasteiger partial charge in [0.1, 0.15) is 11.5 Å². The van der Waals surface area contributed by atoms with Crippen molar-refractivity contribution in [3.05, 3.63) is 57.6 Å². The highest BCUT2D eigenvalue weighted by molar-refractivity contribution is 5.56. The van der Waals surface area contributed by atoms with E-state index in [0.717, 1.165) is 59.1 Å². The molecule has 4 heteroatoms. The first-order valence-corrected chi connectivity index (χ1v) is 13.8. The predicted octanol–water partition coefficient (Wildman–Crippen LogP) is 7.11. The van der Waals surface area contributed by atoms with Crippen LogP contribution in [0.2, 0.25) is 0 Å². The third-order valence-corrected chi connectivity index (χ3v) is 8.21. The molecule has 36 heavy (non-hydrogen) atoms. The summed E-state index contributed by atoms with van der Waals surface area (Å²) in [6, 6.07) is 8.35. The van der Waals surface area contributed by atoms with Crippen LogP contribution in [0.15, 0.2) is 24.3 Å². The molecule has 2 aromatic carbocycles. The summed E-state index contributed by atoms with van der Waals surface area (Å²) < 4.78 is 0. The van der Waals surface area contributed by atoms with Crippen molar-refractivity contribution in [1.29, 1.82) is 0 Å². The normalized spacial score (nSPS) is 12.7. The van der Waals surface area contributed by atoms with Crippen molar-refractivity contribution in [3.8, 4) is 11.5 Å². The maximum atomic E-state index is 11.7. The molecular formula is C32H50O4. The summed E-state index contributed by atoms with van der Waals surface area (Å²) in [5.74, 6) is 0.540. The van der Waals surface area contributed by atoms with Crippen LogP contribution in [-0.2, 0) is 23.7 Å². The van der Waals surface area contributed by atoms with Crippen LogP contribution in [0.25, 0.3) is 0 Å². The molecule has 0 saturated heterocycles. The van der Waals surface area contributed by atoms with Crippen molar-refractivity contribution < 1.29 is 20.4 Å². The van der Waals surface area contributed by atoms with Gasteiger partial charge in [-0.15, -0.1) is 0 Å². The van der Waals surface area contributed by atoms with E-state index in [4.69, 9.17) is 0 Å². The summed E-state index contributed by atoms with van der Waals surface area (Å²) in [6.07, 6.45) is 4.56. The van der Waals surface area contributed by atoms with Crippen LogP contribution in [0.1, 0.15) is 120 Å². The van der Waals surface area contributed by atoms with Crippen LogP contribution in [-0.4, -0.2) is 33.6 Å². The first-order valence-electron chi connectivity index (χ1n) is 13.8. The van der Waals surface area contributed by atoms with Crippen LogP contribution in [0.5, 0.6) is 11.5 Å². The zero-order valence-electron chi connectivity index (χ0n) is 23.9. The molecule has 202 valence electrons. The van der Waals surface area contributed by atoms with Crippen molar-refractivity contribution in [2.24, 2.45) is 5.92 Å². The molecule has 0 bridgehead atoms. The maximum absolute atomic E-state index is 11.7. The van der Waals surface area contributed by atoms with Crippen molar-refractivity contribution in [2.45, 2.75) is 111 Å². The number of aryl methyl sites for hydroxylation is 2. The van der Waals surface area contributed by atoms with Gasteiger partial charge in [-0.3, -0.25) is 0 Å². The fourth-order valence-corrected chi connectivity index (χ4v) is 5.07. The Balaban J connectivity index is 2.89. The number of hydrogen-bond acceptors (Lipinski definition) is 4. The third kappa shape index (κ3) is 6.63. The van der Waals surface area contributed by atoms with Gasteiger partial charge in [-0.1, -0.05) is 79.7 Å². The summed E-state index contributed by atoms with van der Waals surface area (Å²) >= 11 is 0. The van der Waals surface area contributed by atoms with E-state index in [1.54, 1.807) is 0 Å². The molecule has 0 heterocycles. The Morgan fingerprint density at radius 3 is 1.31 bits per heavy atom. The lowest BCUT2D eigenvalue weighted by molar-refractivity contribution is 0.288. The third-order valence-electron chi connectivity index (χ3n) is 8.21. The summed E-state index contributed by atoms with van der Waals surface area (Å²) in [4.78, 5) is 0. The number of hydrogen-bond donors (Lipinski definition) is 4. The molecule has 4 N–H and O–H groups in total. The summed E-state index contributed by atoms with van der Waals surface area (Å²) in [5, 5.41) is 42.3. The van der Waals surface area contributed by atoms with Gasteiger partial charge in [0.05, 0.1) is 0 Å². The zero-order valence-corrected chi connectivity index (χ0v) is 23.9. The Morgan fingerprint density at radius 1 is 0.667 bits per heavy atom. The van der Waals surface area contributed by atoms with Crippen LogP contribution >= 0.6 is 0 Å². The molecule has 0 amide bonds. The first kappa shape index (κ1) is 30.2. The quantitative estimate of drug-likeness (QED) is 0.237. The summed E-state index contributed by atoms with van der Waals surface area (Å²) in [7, 11) is 0. The van der Waals surface area contributed by atoms with Gasteiger partial charge < -0.3 is 20.4 Å². The van der Waals surface area contributed by atoms with Gasteiger partial charge >= 0.3 is 0 Å². The zero-order chi connectivity index (χ0) is 27.3. The topological polar surface area (TPSA) is 80.9 Å². The van der Waals surface area contributed by atoms with Gasteiger partial charge in [0.15, 0.2) is 0 Å². The lowest BCUT2D eigenvalue weighted by Gasteiger charge is -2.32. The Morgan fingerprint density at radius 2 is 1.03 bits per heavy atom. The number of phenols is 2. The largest absolute Gasteiger partial charge is 0.507 e. The predicted molar refractivity (Wildman–Crippen MR) is 150 cm³/mol. The fraction of sp³-hybridized carbons (Fsp3) is 0.625. The van der Waals surface area contributed by atoms with Gasteiger partial charge in [-0.05, 0) is 66.4 Å². The molecule has 0 unspecified atom stereocenters.